The van der Waals surface area contributed by atoms with E-state index in [1.54, 1.807) is 0 Å². The topological polar surface area (TPSA) is 21.3 Å². The van der Waals surface area contributed by atoms with Crippen molar-refractivity contribution < 1.29 is 4.74 Å². The van der Waals surface area contributed by atoms with E-state index in [0.717, 1.165) is 25.7 Å². The zero-order chi connectivity index (χ0) is 11.5. The molecule has 16 heavy (non-hydrogen) atoms. The molecule has 1 rings (SSSR count). The van der Waals surface area contributed by atoms with Crippen molar-refractivity contribution in [3.8, 4) is 0 Å². The molecule has 1 saturated heterocycles. The minimum absolute atomic E-state index is 0.782. The van der Waals surface area contributed by atoms with Crippen LogP contribution in [0.2, 0.25) is 0 Å². The first-order valence-corrected chi connectivity index (χ1v) is 7.22. The van der Waals surface area contributed by atoms with E-state index in [0.29, 0.717) is 0 Å². The molecule has 0 aromatic heterocycles. The average molecular weight is 227 g/mol. The molecule has 1 fully saturated rings. The van der Waals surface area contributed by atoms with Crippen molar-refractivity contribution in [2.24, 2.45) is 5.92 Å². The van der Waals surface area contributed by atoms with Crippen LogP contribution in [0.25, 0.3) is 0 Å². The fraction of sp³-hybridized carbons (Fsp3) is 1.00. The van der Waals surface area contributed by atoms with E-state index in [4.69, 9.17) is 4.74 Å². The van der Waals surface area contributed by atoms with Crippen molar-refractivity contribution in [1.29, 1.82) is 0 Å². The van der Waals surface area contributed by atoms with E-state index in [1.807, 2.05) is 0 Å². The molecule has 0 saturated carbocycles. The number of ether oxygens (including phenoxy) is 1. The maximum atomic E-state index is 5.71. The summed E-state index contributed by atoms with van der Waals surface area (Å²) in [5, 5.41) is 3.37. The first kappa shape index (κ1) is 14.0. The van der Waals surface area contributed by atoms with Gasteiger partial charge < -0.3 is 10.1 Å². The zero-order valence-electron chi connectivity index (χ0n) is 11.0. The Kier molecular flexibility index (Phi) is 8.83. The van der Waals surface area contributed by atoms with Crippen molar-refractivity contribution in [3.63, 3.8) is 0 Å². The lowest BCUT2D eigenvalue weighted by Gasteiger charge is -2.08. The Morgan fingerprint density at radius 2 is 1.81 bits per heavy atom. The lowest BCUT2D eigenvalue weighted by Crippen LogP contribution is -2.14. The summed E-state index contributed by atoms with van der Waals surface area (Å²) in [6, 6.07) is 0. The Morgan fingerprint density at radius 3 is 2.50 bits per heavy atom. The predicted molar refractivity (Wildman–Crippen MR) is 69.8 cm³/mol. The van der Waals surface area contributed by atoms with Gasteiger partial charge in [0.15, 0.2) is 0 Å². The van der Waals surface area contributed by atoms with Crippen molar-refractivity contribution in [1.82, 2.24) is 5.32 Å². The smallest absolute Gasteiger partial charge is 0.0506 e. The molecule has 1 atom stereocenters. The molecule has 2 nitrogen and oxygen atoms in total. The standard InChI is InChI=1S/C14H29NO/c1-2-3-4-5-6-7-8-11-16-13-14-9-10-15-12-14/h14-15H,2-13H2,1H3. The highest BCUT2D eigenvalue weighted by atomic mass is 16.5. The number of nitrogens with one attached hydrogen (secondary N) is 1. The number of rotatable bonds is 10. The van der Waals surface area contributed by atoms with Gasteiger partial charge in [0.05, 0.1) is 6.61 Å². The van der Waals surface area contributed by atoms with Gasteiger partial charge in [-0.1, -0.05) is 45.4 Å². The third-order valence-electron chi connectivity index (χ3n) is 3.41. The minimum atomic E-state index is 0.782. The van der Waals surface area contributed by atoms with Crippen LogP contribution in [0.1, 0.15) is 58.3 Å². The normalized spacial score (nSPS) is 20.4. The van der Waals surface area contributed by atoms with Crippen LogP contribution in [0.4, 0.5) is 0 Å². The van der Waals surface area contributed by atoms with Crippen LogP contribution in [0.15, 0.2) is 0 Å². The summed E-state index contributed by atoms with van der Waals surface area (Å²) >= 11 is 0. The number of unbranched alkanes of at least 4 members (excludes halogenated alkanes) is 6. The lowest BCUT2D eigenvalue weighted by molar-refractivity contribution is 0.101. The highest BCUT2D eigenvalue weighted by Gasteiger charge is 2.13. The van der Waals surface area contributed by atoms with Gasteiger partial charge in [-0.3, -0.25) is 0 Å². The van der Waals surface area contributed by atoms with Gasteiger partial charge in [0.2, 0.25) is 0 Å². The van der Waals surface area contributed by atoms with Crippen molar-refractivity contribution in [2.75, 3.05) is 26.3 Å². The molecule has 0 aromatic rings. The molecular formula is C14H29NO. The Morgan fingerprint density at radius 1 is 1.06 bits per heavy atom. The van der Waals surface area contributed by atoms with Gasteiger partial charge in [-0.25, -0.2) is 0 Å². The Hall–Kier alpha value is -0.0800. The minimum Gasteiger partial charge on any atom is -0.381 e. The third-order valence-corrected chi connectivity index (χ3v) is 3.41. The molecule has 1 N–H and O–H groups in total. The number of hydrogen-bond donors (Lipinski definition) is 1. The van der Waals surface area contributed by atoms with Gasteiger partial charge in [-0.2, -0.15) is 0 Å². The first-order chi connectivity index (χ1) is 7.93. The van der Waals surface area contributed by atoms with E-state index >= 15 is 0 Å². The molecule has 1 heterocycles. The third kappa shape index (κ3) is 7.24. The van der Waals surface area contributed by atoms with Crippen LogP contribution in [0, 0.1) is 5.92 Å². The van der Waals surface area contributed by atoms with E-state index in [9.17, 15) is 0 Å². The zero-order valence-corrected chi connectivity index (χ0v) is 11.0. The molecule has 0 amide bonds. The molecule has 0 aromatic carbocycles. The summed E-state index contributed by atoms with van der Waals surface area (Å²) in [7, 11) is 0. The second kappa shape index (κ2) is 10.1. The first-order valence-electron chi connectivity index (χ1n) is 7.22. The summed E-state index contributed by atoms with van der Waals surface area (Å²) in [4.78, 5) is 0. The molecule has 2 heteroatoms. The molecule has 0 spiro atoms. The highest BCUT2D eigenvalue weighted by molar-refractivity contribution is 4.70. The lowest BCUT2D eigenvalue weighted by atomic mass is 10.1. The maximum Gasteiger partial charge on any atom is 0.0506 e. The van der Waals surface area contributed by atoms with Gasteiger partial charge in [-0.15, -0.1) is 0 Å². The molecule has 96 valence electrons. The average Bonchev–Trinajstić information content (AvgIpc) is 2.80. The summed E-state index contributed by atoms with van der Waals surface area (Å²) in [5.41, 5.74) is 0. The summed E-state index contributed by atoms with van der Waals surface area (Å²) < 4.78 is 5.71. The van der Waals surface area contributed by atoms with Crippen LogP contribution >= 0.6 is 0 Å². The predicted octanol–water partition coefficient (Wildman–Crippen LogP) is 3.36. The largest absolute Gasteiger partial charge is 0.381 e. The maximum absolute atomic E-state index is 5.71. The van der Waals surface area contributed by atoms with Gasteiger partial charge in [0, 0.05) is 13.2 Å². The summed E-state index contributed by atoms with van der Waals surface area (Å²) in [6.07, 6.45) is 10.9. The van der Waals surface area contributed by atoms with Gasteiger partial charge in [-0.05, 0) is 25.3 Å². The van der Waals surface area contributed by atoms with Crippen molar-refractivity contribution in [2.45, 2.75) is 58.3 Å². The van der Waals surface area contributed by atoms with Crippen LogP contribution in [0.5, 0.6) is 0 Å². The monoisotopic (exact) mass is 227 g/mol. The molecule has 1 aliphatic rings. The summed E-state index contributed by atoms with van der Waals surface area (Å²) in [5.74, 6) is 0.782. The van der Waals surface area contributed by atoms with Crippen LogP contribution < -0.4 is 5.32 Å². The van der Waals surface area contributed by atoms with E-state index in [1.165, 1.54) is 57.9 Å². The van der Waals surface area contributed by atoms with Gasteiger partial charge >= 0.3 is 0 Å². The molecule has 0 radical (unpaired) electrons. The molecule has 0 aliphatic carbocycles. The molecule has 1 unspecified atom stereocenters. The van der Waals surface area contributed by atoms with Crippen LogP contribution in [-0.2, 0) is 4.74 Å². The van der Waals surface area contributed by atoms with Gasteiger partial charge in [0.1, 0.15) is 0 Å². The fourth-order valence-electron chi connectivity index (χ4n) is 2.27. The fourth-order valence-corrected chi connectivity index (χ4v) is 2.27. The quantitative estimate of drug-likeness (QED) is 0.578. The van der Waals surface area contributed by atoms with E-state index in [2.05, 4.69) is 12.2 Å². The Bertz CT molecular complexity index is 144. The highest BCUT2D eigenvalue weighted by Crippen LogP contribution is 2.09. The van der Waals surface area contributed by atoms with Gasteiger partial charge in [0.25, 0.3) is 0 Å². The SMILES string of the molecule is CCCCCCCCCOCC1CCNC1. The second-order valence-electron chi connectivity index (χ2n) is 5.06. The van der Waals surface area contributed by atoms with Crippen molar-refractivity contribution in [3.05, 3.63) is 0 Å². The van der Waals surface area contributed by atoms with Crippen molar-refractivity contribution >= 4 is 0 Å². The number of hydrogen-bond acceptors (Lipinski definition) is 2. The van der Waals surface area contributed by atoms with Crippen LogP contribution in [0.3, 0.4) is 0 Å². The second-order valence-corrected chi connectivity index (χ2v) is 5.06. The summed E-state index contributed by atoms with van der Waals surface area (Å²) in [6.45, 7) is 6.57. The Balaban J connectivity index is 1.71. The molecular weight excluding hydrogens is 198 g/mol. The Labute approximate surface area is 101 Å². The molecule has 0 bridgehead atoms. The molecule has 1 aliphatic heterocycles. The van der Waals surface area contributed by atoms with E-state index in [-0.39, 0.29) is 0 Å². The van der Waals surface area contributed by atoms with E-state index < -0.39 is 0 Å². The van der Waals surface area contributed by atoms with Crippen LogP contribution in [-0.4, -0.2) is 26.3 Å².